The predicted molar refractivity (Wildman–Crippen MR) is 85.8 cm³/mol. The van der Waals surface area contributed by atoms with E-state index in [1.54, 1.807) is 36.7 Å². The maximum atomic E-state index is 12.4. The molecule has 0 bridgehead atoms. The molecule has 5 nitrogen and oxygen atoms in total. The van der Waals surface area contributed by atoms with Crippen molar-refractivity contribution in [1.82, 2.24) is 15.6 Å². The molecular weight excluding hydrogens is 316 g/mol. The first kappa shape index (κ1) is 17.7. The van der Waals surface area contributed by atoms with Crippen LogP contribution in [0.3, 0.4) is 0 Å². The normalized spacial score (nSPS) is 11.9. The number of hydrogen-bond donors (Lipinski definition) is 2. The molecule has 0 radical (unpaired) electrons. The molecule has 128 valence electrons. The number of benzene rings is 1. The molecular formula is C17H19F2N3O2. The van der Waals surface area contributed by atoms with E-state index in [0.29, 0.717) is 5.56 Å². The van der Waals surface area contributed by atoms with Gasteiger partial charge in [0.25, 0.3) is 0 Å². The highest BCUT2D eigenvalue weighted by Gasteiger charge is 2.12. The molecule has 2 rings (SSSR count). The van der Waals surface area contributed by atoms with Gasteiger partial charge in [-0.05, 0) is 37.6 Å². The second-order valence-corrected chi connectivity index (χ2v) is 5.32. The SMILES string of the molecule is Cc1ccc(OC(F)F)c(CNC(=O)NC(C)c2ccncc2)c1. The number of aryl methyl sites for hydroxylation is 1. The molecule has 2 N–H and O–H groups in total. The van der Waals surface area contributed by atoms with E-state index in [2.05, 4.69) is 20.4 Å². The van der Waals surface area contributed by atoms with Gasteiger partial charge in [0.15, 0.2) is 0 Å². The smallest absolute Gasteiger partial charge is 0.387 e. The first-order valence-electron chi connectivity index (χ1n) is 7.44. The van der Waals surface area contributed by atoms with E-state index in [-0.39, 0.29) is 18.3 Å². The van der Waals surface area contributed by atoms with Crippen LogP contribution in [0.2, 0.25) is 0 Å². The number of carbonyl (C=O) groups excluding carboxylic acids is 1. The molecule has 1 heterocycles. The van der Waals surface area contributed by atoms with E-state index in [9.17, 15) is 13.6 Å². The maximum absolute atomic E-state index is 12.4. The fourth-order valence-electron chi connectivity index (χ4n) is 2.22. The molecule has 0 aliphatic heterocycles. The molecule has 1 aromatic carbocycles. The first-order chi connectivity index (χ1) is 11.5. The van der Waals surface area contributed by atoms with Crippen LogP contribution in [-0.4, -0.2) is 17.6 Å². The topological polar surface area (TPSA) is 63.2 Å². The van der Waals surface area contributed by atoms with Crippen LogP contribution >= 0.6 is 0 Å². The third-order valence-corrected chi connectivity index (χ3v) is 3.43. The van der Waals surface area contributed by atoms with Gasteiger partial charge in [-0.25, -0.2) is 4.79 Å². The third kappa shape index (κ3) is 5.19. The lowest BCUT2D eigenvalue weighted by Crippen LogP contribution is -2.36. The lowest BCUT2D eigenvalue weighted by molar-refractivity contribution is -0.0504. The molecule has 24 heavy (non-hydrogen) atoms. The molecule has 0 spiro atoms. The molecule has 0 aliphatic rings. The zero-order chi connectivity index (χ0) is 17.5. The summed E-state index contributed by atoms with van der Waals surface area (Å²) in [6.07, 6.45) is 3.29. The van der Waals surface area contributed by atoms with E-state index in [4.69, 9.17) is 0 Å². The van der Waals surface area contributed by atoms with Gasteiger partial charge in [0, 0.05) is 24.5 Å². The Morgan fingerprint density at radius 1 is 1.25 bits per heavy atom. The van der Waals surface area contributed by atoms with Crippen LogP contribution in [0.1, 0.15) is 29.7 Å². The number of aromatic nitrogens is 1. The Morgan fingerprint density at radius 3 is 2.62 bits per heavy atom. The first-order valence-corrected chi connectivity index (χ1v) is 7.44. The van der Waals surface area contributed by atoms with E-state index < -0.39 is 12.6 Å². The second-order valence-electron chi connectivity index (χ2n) is 5.32. The van der Waals surface area contributed by atoms with E-state index in [1.165, 1.54) is 6.07 Å². The molecule has 0 saturated carbocycles. The van der Waals surface area contributed by atoms with Crippen molar-refractivity contribution < 1.29 is 18.3 Å². The number of ether oxygens (including phenoxy) is 1. The number of nitrogens with one attached hydrogen (secondary N) is 2. The highest BCUT2D eigenvalue weighted by atomic mass is 19.3. The van der Waals surface area contributed by atoms with E-state index in [1.807, 2.05) is 13.8 Å². The molecule has 0 aliphatic carbocycles. The summed E-state index contributed by atoms with van der Waals surface area (Å²) in [5.41, 5.74) is 2.29. The number of hydrogen-bond acceptors (Lipinski definition) is 3. The zero-order valence-electron chi connectivity index (χ0n) is 13.4. The highest BCUT2D eigenvalue weighted by Crippen LogP contribution is 2.22. The zero-order valence-corrected chi connectivity index (χ0v) is 13.4. The number of amides is 2. The number of urea groups is 1. The van der Waals surface area contributed by atoms with Gasteiger partial charge in [-0.3, -0.25) is 4.98 Å². The minimum atomic E-state index is -2.91. The van der Waals surface area contributed by atoms with Gasteiger partial charge in [-0.1, -0.05) is 17.7 Å². The lowest BCUT2D eigenvalue weighted by atomic mass is 10.1. The molecule has 1 unspecified atom stereocenters. The Labute approximate surface area is 139 Å². The largest absolute Gasteiger partial charge is 0.434 e. The van der Waals surface area contributed by atoms with Crippen LogP contribution in [0.15, 0.2) is 42.7 Å². The summed E-state index contributed by atoms with van der Waals surface area (Å²) in [6, 6.07) is 7.85. The number of carbonyl (C=O) groups is 1. The Hall–Kier alpha value is -2.70. The summed E-state index contributed by atoms with van der Waals surface area (Å²) in [6.45, 7) is 0.847. The Balaban J connectivity index is 1.95. The van der Waals surface area contributed by atoms with E-state index in [0.717, 1.165) is 11.1 Å². The van der Waals surface area contributed by atoms with Crippen molar-refractivity contribution in [2.24, 2.45) is 0 Å². The van der Waals surface area contributed by atoms with Crippen LogP contribution in [0, 0.1) is 6.92 Å². The summed E-state index contributed by atoms with van der Waals surface area (Å²) in [5.74, 6) is 0.0538. The molecule has 2 aromatic rings. The second kappa shape index (κ2) is 8.24. The van der Waals surface area contributed by atoms with Crippen molar-refractivity contribution in [3.63, 3.8) is 0 Å². The van der Waals surface area contributed by atoms with Gasteiger partial charge in [0.05, 0.1) is 6.04 Å². The summed E-state index contributed by atoms with van der Waals surface area (Å²) < 4.78 is 29.3. The number of rotatable bonds is 6. The lowest BCUT2D eigenvalue weighted by Gasteiger charge is -2.16. The van der Waals surface area contributed by atoms with Crippen LogP contribution in [0.4, 0.5) is 13.6 Å². The van der Waals surface area contributed by atoms with Gasteiger partial charge >= 0.3 is 12.6 Å². The van der Waals surface area contributed by atoms with Crippen molar-refractivity contribution in [1.29, 1.82) is 0 Å². The monoisotopic (exact) mass is 335 g/mol. The van der Waals surface area contributed by atoms with Gasteiger partial charge in [-0.15, -0.1) is 0 Å². The van der Waals surface area contributed by atoms with Crippen LogP contribution < -0.4 is 15.4 Å². The van der Waals surface area contributed by atoms with Crippen LogP contribution in [-0.2, 0) is 6.54 Å². The molecule has 2 amide bonds. The Morgan fingerprint density at radius 2 is 1.96 bits per heavy atom. The minimum absolute atomic E-state index is 0.0538. The number of halogens is 2. The van der Waals surface area contributed by atoms with Crippen molar-refractivity contribution >= 4 is 6.03 Å². The minimum Gasteiger partial charge on any atom is -0.434 e. The molecule has 0 saturated heterocycles. The average molecular weight is 335 g/mol. The molecule has 1 atom stereocenters. The van der Waals surface area contributed by atoms with Crippen molar-refractivity contribution in [2.45, 2.75) is 33.0 Å². The maximum Gasteiger partial charge on any atom is 0.387 e. The average Bonchev–Trinajstić information content (AvgIpc) is 2.55. The Kier molecular flexibility index (Phi) is 6.06. The van der Waals surface area contributed by atoms with Crippen molar-refractivity contribution in [3.8, 4) is 5.75 Å². The molecule has 7 heteroatoms. The summed E-state index contributed by atoms with van der Waals surface area (Å²) in [7, 11) is 0. The van der Waals surface area contributed by atoms with Crippen molar-refractivity contribution in [3.05, 3.63) is 59.4 Å². The highest BCUT2D eigenvalue weighted by molar-refractivity contribution is 5.74. The van der Waals surface area contributed by atoms with Crippen LogP contribution in [0.25, 0.3) is 0 Å². The van der Waals surface area contributed by atoms with E-state index >= 15 is 0 Å². The standard InChI is InChI=1S/C17H19F2N3O2/c1-11-3-4-15(24-16(18)19)14(9-11)10-21-17(23)22-12(2)13-5-7-20-8-6-13/h3-9,12,16H,10H2,1-2H3,(H2,21,22,23). The summed E-state index contributed by atoms with van der Waals surface area (Å²) in [5, 5.41) is 5.42. The van der Waals surface area contributed by atoms with Gasteiger partial charge in [-0.2, -0.15) is 8.78 Å². The predicted octanol–water partition coefficient (Wildman–Crippen LogP) is 3.55. The summed E-state index contributed by atoms with van der Waals surface area (Å²) in [4.78, 5) is 15.9. The van der Waals surface area contributed by atoms with Gasteiger partial charge < -0.3 is 15.4 Å². The fourth-order valence-corrected chi connectivity index (χ4v) is 2.22. The molecule has 0 fully saturated rings. The van der Waals surface area contributed by atoms with Crippen molar-refractivity contribution in [2.75, 3.05) is 0 Å². The summed E-state index contributed by atoms with van der Waals surface area (Å²) >= 11 is 0. The number of pyridine rings is 1. The quantitative estimate of drug-likeness (QED) is 0.848. The van der Waals surface area contributed by atoms with Gasteiger partial charge in [0.2, 0.25) is 0 Å². The van der Waals surface area contributed by atoms with Crippen LogP contribution in [0.5, 0.6) is 5.75 Å². The van der Waals surface area contributed by atoms with Gasteiger partial charge in [0.1, 0.15) is 5.75 Å². The third-order valence-electron chi connectivity index (χ3n) is 3.43. The fraction of sp³-hybridized carbons (Fsp3) is 0.294. The molecule has 1 aromatic heterocycles. The number of nitrogens with zero attached hydrogens (tertiary/aromatic N) is 1. The Bertz CT molecular complexity index is 681. The number of alkyl halides is 2.